The molecule has 0 saturated heterocycles. The number of rotatable bonds is 2. The van der Waals surface area contributed by atoms with E-state index in [0.717, 1.165) is 48.3 Å². The fourth-order valence-electron chi connectivity index (χ4n) is 8.70. The summed E-state index contributed by atoms with van der Waals surface area (Å²) in [7, 11) is 0. The van der Waals surface area contributed by atoms with E-state index < -0.39 is 0 Å². The second-order valence-electron chi connectivity index (χ2n) is 11.1. The Labute approximate surface area is 160 Å². The molecule has 0 radical (unpaired) electrons. The van der Waals surface area contributed by atoms with Crippen LogP contribution < -0.4 is 0 Å². The van der Waals surface area contributed by atoms with Crippen molar-refractivity contribution < 1.29 is 9.53 Å². The highest BCUT2D eigenvalue weighted by Gasteiger charge is 2.60. The summed E-state index contributed by atoms with van der Waals surface area (Å²) < 4.78 is 5.61. The summed E-state index contributed by atoms with van der Waals surface area (Å²) in [6.45, 7) is 11.7. The van der Waals surface area contributed by atoms with Gasteiger partial charge in [0.25, 0.3) is 0 Å². The minimum Gasteiger partial charge on any atom is -0.463 e. The van der Waals surface area contributed by atoms with Gasteiger partial charge in [-0.1, -0.05) is 27.7 Å². The van der Waals surface area contributed by atoms with Gasteiger partial charge < -0.3 is 4.74 Å². The van der Waals surface area contributed by atoms with E-state index in [9.17, 15) is 4.79 Å². The number of fused-ring (bicyclic) bond motifs is 5. The zero-order valence-electron chi connectivity index (χ0n) is 17.7. The predicted molar refractivity (Wildman–Crippen MR) is 106 cm³/mol. The Hall–Kier alpha value is -0.530. The number of carbonyl (C=O) groups excluding carboxylic acids is 1. The first-order valence-corrected chi connectivity index (χ1v) is 11.4. The molecule has 0 unspecified atom stereocenters. The van der Waals surface area contributed by atoms with Crippen LogP contribution >= 0.6 is 0 Å². The SMILES string of the molecule is CC(=O)O[C@@H]1CC[C@@]2(C)[C@@H](CC[C@@H]3[C@@H]2CC[C@]2(C)[C@@H](C(C)C)CC[C@@H]32)C1. The minimum atomic E-state index is -0.0913. The predicted octanol–water partition coefficient (Wildman–Crippen LogP) is 6.23. The van der Waals surface area contributed by atoms with Crippen molar-refractivity contribution in [3.8, 4) is 0 Å². The molecular formula is C24H40O2. The van der Waals surface area contributed by atoms with Gasteiger partial charge >= 0.3 is 5.97 Å². The molecule has 0 heterocycles. The summed E-state index contributed by atoms with van der Waals surface area (Å²) in [5, 5.41) is 0. The number of hydrogen-bond donors (Lipinski definition) is 0. The van der Waals surface area contributed by atoms with Crippen LogP contribution in [0.2, 0.25) is 0 Å². The Morgan fingerprint density at radius 2 is 1.62 bits per heavy atom. The Bertz CT molecular complexity index is 554. The highest BCUT2D eigenvalue weighted by Crippen LogP contribution is 2.68. The van der Waals surface area contributed by atoms with Crippen LogP contribution in [0.3, 0.4) is 0 Å². The molecule has 0 N–H and O–H groups in total. The maximum Gasteiger partial charge on any atom is 0.302 e. The molecule has 4 aliphatic rings. The van der Waals surface area contributed by atoms with Crippen LogP contribution in [-0.4, -0.2) is 12.1 Å². The summed E-state index contributed by atoms with van der Waals surface area (Å²) in [4.78, 5) is 11.4. The molecule has 4 fully saturated rings. The first kappa shape index (κ1) is 18.8. The molecule has 0 aromatic carbocycles. The van der Waals surface area contributed by atoms with Gasteiger partial charge in [0.05, 0.1) is 0 Å². The standard InChI is InChI=1S/C24H40O2/c1-15(2)20-8-9-21-19-7-6-17-14-18(26-16(3)25)10-12-23(17,4)22(19)11-13-24(20,21)5/h15,17-22H,6-14H2,1-5H3/t17-,18+,19-,20+,21-,22-,23-,24+/m0/s1. The van der Waals surface area contributed by atoms with Gasteiger partial charge in [-0.15, -0.1) is 0 Å². The highest BCUT2D eigenvalue weighted by atomic mass is 16.5. The van der Waals surface area contributed by atoms with Gasteiger partial charge in [-0.3, -0.25) is 4.79 Å². The van der Waals surface area contributed by atoms with Crippen molar-refractivity contribution in [1.82, 2.24) is 0 Å². The first-order chi connectivity index (χ1) is 12.3. The second-order valence-corrected chi connectivity index (χ2v) is 11.1. The van der Waals surface area contributed by atoms with E-state index in [-0.39, 0.29) is 12.1 Å². The molecule has 0 aromatic rings. The number of ether oxygens (including phenoxy) is 1. The summed E-state index contributed by atoms with van der Waals surface area (Å²) in [6.07, 6.45) is 12.3. The summed E-state index contributed by atoms with van der Waals surface area (Å²) in [6, 6.07) is 0. The van der Waals surface area contributed by atoms with E-state index in [1.54, 1.807) is 6.92 Å². The van der Waals surface area contributed by atoms with Crippen LogP contribution in [0, 0.1) is 46.3 Å². The molecule has 148 valence electrons. The summed E-state index contributed by atoms with van der Waals surface area (Å²) in [5.41, 5.74) is 1.10. The lowest BCUT2D eigenvalue weighted by atomic mass is 9.44. The topological polar surface area (TPSA) is 26.3 Å². The molecule has 0 bridgehead atoms. The van der Waals surface area contributed by atoms with E-state index in [0.29, 0.717) is 10.8 Å². The maximum atomic E-state index is 11.4. The van der Waals surface area contributed by atoms with Gasteiger partial charge in [0, 0.05) is 6.92 Å². The number of hydrogen-bond acceptors (Lipinski definition) is 2. The quantitative estimate of drug-likeness (QED) is 0.545. The van der Waals surface area contributed by atoms with Gasteiger partial charge in [0.1, 0.15) is 6.10 Å². The fourth-order valence-corrected chi connectivity index (χ4v) is 8.70. The zero-order valence-corrected chi connectivity index (χ0v) is 17.7. The van der Waals surface area contributed by atoms with Crippen LogP contribution in [0.5, 0.6) is 0 Å². The molecule has 0 spiro atoms. The van der Waals surface area contributed by atoms with Crippen LogP contribution in [-0.2, 0) is 9.53 Å². The second kappa shape index (κ2) is 6.52. The smallest absolute Gasteiger partial charge is 0.302 e. The van der Waals surface area contributed by atoms with Crippen LogP contribution in [0.1, 0.15) is 92.4 Å². The molecule has 4 saturated carbocycles. The lowest BCUT2D eigenvalue weighted by Gasteiger charge is -2.61. The van der Waals surface area contributed by atoms with Crippen LogP contribution in [0.15, 0.2) is 0 Å². The first-order valence-electron chi connectivity index (χ1n) is 11.4. The van der Waals surface area contributed by atoms with E-state index in [1.807, 2.05) is 0 Å². The summed E-state index contributed by atoms with van der Waals surface area (Å²) >= 11 is 0. The zero-order chi connectivity index (χ0) is 18.7. The average Bonchev–Trinajstić information content (AvgIpc) is 2.92. The van der Waals surface area contributed by atoms with Crippen molar-refractivity contribution in [2.75, 3.05) is 0 Å². The highest BCUT2D eigenvalue weighted by molar-refractivity contribution is 5.66. The van der Waals surface area contributed by atoms with Crippen molar-refractivity contribution in [1.29, 1.82) is 0 Å². The van der Waals surface area contributed by atoms with Crippen molar-refractivity contribution in [2.24, 2.45) is 46.3 Å². The molecule has 8 atom stereocenters. The van der Waals surface area contributed by atoms with E-state index in [2.05, 4.69) is 27.7 Å². The van der Waals surface area contributed by atoms with E-state index in [4.69, 9.17) is 4.74 Å². The monoisotopic (exact) mass is 360 g/mol. The van der Waals surface area contributed by atoms with Gasteiger partial charge in [-0.05, 0) is 104 Å². The third kappa shape index (κ3) is 2.76. The third-order valence-corrected chi connectivity index (χ3v) is 9.83. The molecule has 4 rings (SSSR count). The molecule has 0 amide bonds. The average molecular weight is 361 g/mol. The summed E-state index contributed by atoms with van der Waals surface area (Å²) in [5.74, 6) is 5.32. The van der Waals surface area contributed by atoms with Gasteiger partial charge in [0.15, 0.2) is 0 Å². The lowest BCUT2D eigenvalue weighted by Crippen LogP contribution is -2.54. The van der Waals surface area contributed by atoms with E-state index in [1.165, 1.54) is 44.9 Å². The molecule has 2 heteroatoms. The molecule has 2 nitrogen and oxygen atoms in total. The Morgan fingerprint density at radius 3 is 2.31 bits per heavy atom. The minimum absolute atomic E-state index is 0.0913. The van der Waals surface area contributed by atoms with E-state index >= 15 is 0 Å². The number of carbonyl (C=O) groups is 1. The third-order valence-electron chi connectivity index (χ3n) is 9.83. The Kier molecular flexibility index (Phi) is 4.72. The maximum absolute atomic E-state index is 11.4. The van der Waals surface area contributed by atoms with Gasteiger partial charge in [-0.25, -0.2) is 0 Å². The molecule has 4 aliphatic carbocycles. The largest absolute Gasteiger partial charge is 0.463 e. The van der Waals surface area contributed by atoms with Crippen LogP contribution in [0.4, 0.5) is 0 Å². The Balaban J connectivity index is 1.53. The van der Waals surface area contributed by atoms with Crippen molar-refractivity contribution in [3.63, 3.8) is 0 Å². The Morgan fingerprint density at radius 1 is 0.923 bits per heavy atom. The normalized spacial score (nSPS) is 50.7. The molecule has 0 aromatic heterocycles. The van der Waals surface area contributed by atoms with Crippen molar-refractivity contribution in [2.45, 2.75) is 98.5 Å². The van der Waals surface area contributed by atoms with Gasteiger partial charge in [-0.2, -0.15) is 0 Å². The van der Waals surface area contributed by atoms with Crippen molar-refractivity contribution >= 4 is 5.97 Å². The molecule has 26 heavy (non-hydrogen) atoms. The van der Waals surface area contributed by atoms with Crippen LogP contribution in [0.25, 0.3) is 0 Å². The van der Waals surface area contributed by atoms with Gasteiger partial charge in [0.2, 0.25) is 0 Å². The number of esters is 1. The lowest BCUT2D eigenvalue weighted by molar-refractivity contribution is -0.160. The van der Waals surface area contributed by atoms with Crippen molar-refractivity contribution in [3.05, 3.63) is 0 Å². The molecular weight excluding hydrogens is 320 g/mol. The molecule has 0 aliphatic heterocycles. The fraction of sp³-hybridized carbons (Fsp3) is 0.958.